The van der Waals surface area contributed by atoms with E-state index in [9.17, 15) is 9.90 Å². The zero-order chi connectivity index (χ0) is 17.6. The van der Waals surface area contributed by atoms with Crippen LogP contribution in [0.5, 0.6) is 5.75 Å². The molecule has 0 spiro atoms. The lowest BCUT2D eigenvalue weighted by Crippen LogP contribution is -2.06. The van der Waals surface area contributed by atoms with Gasteiger partial charge in [-0.1, -0.05) is 36.4 Å². The van der Waals surface area contributed by atoms with Crippen molar-refractivity contribution in [2.45, 2.75) is 10.6 Å². The van der Waals surface area contributed by atoms with Crippen LogP contribution in [0.3, 0.4) is 0 Å². The SMILES string of the molecule is COc1ccccc1-c1c(CSc2ccccc2)ccnc1C(=O)O. The summed E-state index contributed by atoms with van der Waals surface area (Å²) in [5, 5.41) is 9.59. The van der Waals surface area contributed by atoms with Crippen molar-refractivity contribution in [1.29, 1.82) is 0 Å². The molecule has 1 heterocycles. The smallest absolute Gasteiger partial charge is 0.355 e. The van der Waals surface area contributed by atoms with Crippen molar-refractivity contribution in [3.05, 3.63) is 78.1 Å². The molecule has 25 heavy (non-hydrogen) atoms. The zero-order valence-corrected chi connectivity index (χ0v) is 14.5. The van der Waals surface area contributed by atoms with Gasteiger partial charge in [0, 0.05) is 28.0 Å². The van der Waals surface area contributed by atoms with Gasteiger partial charge in [0.2, 0.25) is 0 Å². The van der Waals surface area contributed by atoms with Gasteiger partial charge in [0.15, 0.2) is 5.69 Å². The number of carboxylic acids is 1. The Kier molecular flexibility index (Phi) is 5.36. The molecule has 0 radical (unpaired) electrons. The van der Waals surface area contributed by atoms with Gasteiger partial charge >= 0.3 is 5.97 Å². The predicted octanol–water partition coefficient (Wildman–Crippen LogP) is 4.75. The zero-order valence-electron chi connectivity index (χ0n) is 13.7. The highest BCUT2D eigenvalue weighted by atomic mass is 32.2. The normalized spacial score (nSPS) is 10.4. The molecular formula is C20H17NO3S. The summed E-state index contributed by atoms with van der Waals surface area (Å²) < 4.78 is 5.42. The Hall–Kier alpha value is -2.79. The lowest BCUT2D eigenvalue weighted by molar-refractivity contribution is 0.0691. The Morgan fingerprint density at radius 3 is 2.52 bits per heavy atom. The topological polar surface area (TPSA) is 59.4 Å². The minimum atomic E-state index is -1.05. The van der Waals surface area contributed by atoms with Crippen molar-refractivity contribution in [2.75, 3.05) is 7.11 Å². The first kappa shape index (κ1) is 17.0. The van der Waals surface area contributed by atoms with Crippen LogP contribution in [-0.2, 0) is 5.75 Å². The number of benzene rings is 2. The highest BCUT2D eigenvalue weighted by Gasteiger charge is 2.20. The second-order valence-electron chi connectivity index (χ2n) is 5.30. The summed E-state index contributed by atoms with van der Waals surface area (Å²) in [5.74, 6) is 0.219. The van der Waals surface area contributed by atoms with E-state index in [1.807, 2.05) is 60.7 Å². The number of hydrogen-bond acceptors (Lipinski definition) is 4. The van der Waals surface area contributed by atoms with Gasteiger partial charge in [-0.25, -0.2) is 9.78 Å². The standard InChI is InChI=1S/C20H17NO3S/c1-24-17-10-6-5-9-16(17)18-14(11-12-21-19(18)20(22)23)13-25-15-7-3-2-4-8-15/h2-12H,13H2,1H3,(H,22,23). The number of ether oxygens (including phenoxy) is 1. The molecule has 0 fully saturated rings. The van der Waals surface area contributed by atoms with Crippen molar-refractivity contribution in [2.24, 2.45) is 0 Å². The first-order valence-corrected chi connectivity index (χ1v) is 8.71. The number of hydrogen-bond donors (Lipinski definition) is 1. The molecule has 0 bridgehead atoms. The van der Waals surface area contributed by atoms with Crippen molar-refractivity contribution >= 4 is 17.7 Å². The molecule has 0 saturated heterocycles. The van der Waals surface area contributed by atoms with Crippen molar-refractivity contribution in [1.82, 2.24) is 4.98 Å². The van der Waals surface area contributed by atoms with E-state index in [4.69, 9.17) is 4.74 Å². The quantitative estimate of drug-likeness (QED) is 0.650. The molecule has 3 aromatic rings. The highest BCUT2D eigenvalue weighted by molar-refractivity contribution is 7.98. The van der Waals surface area contributed by atoms with E-state index in [0.717, 1.165) is 16.0 Å². The Morgan fingerprint density at radius 2 is 1.80 bits per heavy atom. The van der Waals surface area contributed by atoms with Crippen LogP contribution in [0.25, 0.3) is 11.1 Å². The van der Waals surface area contributed by atoms with E-state index in [2.05, 4.69) is 4.98 Å². The summed E-state index contributed by atoms with van der Waals surface area (Å²) >= 11 is 1.65. The van der Waals surface area contributed by atoms with Crippen molar-refractivity contribution in [3.63, 3.8) is 0 Å². The lowest BCUT2D eigenvalue weighted by Gasteiger charge is -2.15. The fourth-order valence-corrected chi connectivity index (χ4v) is 3.53. The number of rotatable bonds is 6. The summed E-state index contributed by atoms with van der Waals surface area (Å²) in [4.78, 5) is 16.9. The van der Waals surface area contributed by atoms with E-state index in [0.29, 0.717) is 17.1 Å². The summed E-state index contributed by atoms with van der Waals surface area (Å²) in [6.07, 6.45) is 1.54. The lowest BCUT2D eigenvalue weighted by atomic mass is 9.98. The molecule has 0 saturated carbocycles. The first-order chi connectivity index (χ1) is 12.2. The molecule has 2 aromatic carbocycles. The van der Waals surface area contributed by atoms with Crippen LogP contribution >= 0.6 is 11.8 Å². The molecule has 0 amide bonds. The van der Waals surface area contributed by atoms with Crippen LogP contribution in [0.1, 0.15) is 16.1 Å². The Balaban J connectivity index is 2.06. The van der Waals surface area contributed by atoms with E-state index in [1.165, 1.54) is 0 Å². The third-order valence-electron chi connectivity index (χ3n) is 3.75. The molecule has 3 rings (SSSR count). The Labute approximate surface area is 150 Å². The number of thioether (sulfide) groups is 1. The van der Waals surface area contributed by atoms with Crippen LogP contribution in [0.15, 0.2) is 71.8 Å². The first-order valence-electron chi connectivity index (χ1n) is 7.73. The van der Waals surface area contributed by atoms with Gasteiger partial charge in [0.05, 0.1) is 7.11 Å². The number of aromatic nitrogens is 1. The van der Waals surface area contributed by atoms with Crippen LogP contribution in [0.2, 0.25) is 0 Å². The molecular weight excluding hydrogens is 334 g/mol. The fourth-order valence-electron chi connectivity index (χ4n) is 2.61. The molecule has 0 aliphatic carbocycles. The number of carboxylic acid groups (broad SMARTS) is 1. The summed E-state index contributed by atoms with van der Waals surface area (Å²) in [5.41, 5.74) is 2.29. The van der Waals surface area contributed by atoms with Crippen LogP contribution in [0, 0.1) is 0 Å². The number of pyridine rings is 1. The third-order valence-corrected chi connectivity index (χ3v) is 4.81. The predicted molar refractivity (Wildman–Crippen MR) is 99.2 cm³/mol. The van der Waals surface area contributed by atoms with E-state index >= 15 is 0 Å². The number of para-hydroxylation sites is 1. The van der Waals surface area contributed by atoms with Gasteiger partial charge in [0.25, 0.3) is 0 Å². The molecule has 0 unspecified atom stereocenters. The molecule has 5 heteroatoms. The average Bonchev–Trinajstić information content (AvgIpc) is 2.66. The van der Waals surface area contributed by atoms with Gasteiger partial charge in [-0.05, 0) is 29.8 Å². The summed E-state index contributed by atoms with van der Waals surface area (Å²) in [7, 11) is 1.58. The molecule has 1 aromatic heterocycles. The van der Waals surface area contributed by atoms with E-state index < -0.39 is 5.97 Å². The summed E-state index contributed by atoms with van der Waals surface area (Å²) in [6, 6.07) is 19.3. The van der Waals surface area contributed by atoms with Gasteiger partial charge in [0.1, 0.15) is 5.75 Å². The monoisotopic (exact) mass is 351 g/mol. The summed E-state index contributed by atoms with van der Waals surface area (Å²) in [6.45, 7) is 0. The van der Waals surface area contributed by atoms with Crippen LogP contribution in [-0.4, -0.2) is 23.2 Å². The molecule has 0 aliphatic heterocycles. The number of methoxy groups -OCH3 is 1. The highest BCUT2D eigenvalue weighted by Crippen LogP contribution is 2.36. The number of aromatic carboxylic acids is 1. The van der Waals surface area contributed by atoms with Crippen LogP contribution < -0.4 is 4.74 Å². The maximum Gasteiger partial charge on any atom is 0.355 e. The Bertz CT molecular complexity index is 881. The maximum atomic E-state index is 11.7. The molecule has 4 nitrogen and oxygen atoms in total. The van der Waals surface area contributed by atoms with Gasteiger partial charge < -0.3 is 9.84 Å². The van der Waals surface area contributed by atoms with Gasteiger partial charge in [-0.3, -0.25) is 0 Å². The minimum absolute atomic E-state index is 0.0376. The molecule has 0 aliphatic rings. The van der Waals surface area contributed by atoms with E-state index in [1.54, 1.807) is 25.1 Å². The molecule has 1 N–H and O–H groups in total. The maximum absolute atomic E-state index is 11.7. The largest absolute Gasteiger partial charge is 0.496 e. The van der Waals surface area contributed by atoms with E-state index in [-0.39, 0.29) is 5.69 Å². The second kappa shape index (κ2) is 7.85. The van der Waals surface area contributed by atoms with Crippen LogP contribution in [0.4, 0.5) is 0 Å². The third kappa shape index (κ3) is 3.83. The average molecular weight is 351 g/mol. The molecule has 0 atom stereocenters. The minimum Gasteiger partial charge on any atom is -0.496 e. The van der Waals surface area contributed by atoms with Crippen molar-refractivity contribution < 1.29 is 14.6 Å². The number of nitrogens with zero attached hydrogens (tertiary/aromatic N) is 1. The Morgan fingerprint density at radius 1 is 1.08 bits per heavy atom. The molecule has 126 valence electrons. The van der Waals surface area contributed by atoms with Crippen molar-refractivity contribution in [3.8, 4) is 16.9 Å². The number of carbonyl (C=O) groups is 1. The fraction of sp³-hybridized carbons (Fsp3) is 0.100. The second-order valence-corrected chi connectivity index (χ2v) is 6.35. The van der Waals surface area contributed by atoms with Gasteiger partial charge in [-0.2, -0.15) is 0 Å². The van der Waals surface area contributed by atoms with Gasteiger partial charge in [-0.15, -0.1) is 11.8 Å².